The highest BCUT2D eigenvalue weighted by molar-refractivity contribution is 7.09. The van der Waals surface area contributed by atoms with Gasteiger partial charge in [0.25, 0.3) is 0 Å². The summed E-state index contributed by atoms with van der Waals surface area (Å²) < 4.78 is 39.5. The third-order valence-electron chi connectivity index (χ3n) is 4.26. The number of fused-ring (bicyclic) bond motifs is 1. The molecule has 0 aromatic carbocycles. The van der Waals surface area contributed by atoms with Crippen molar-refractivity contribution in [3.63, 3.8) is 0 Å². The molecule has 7 heteroatoms. The van der Waals surface area contributed by atoms with E-state index in [9.17, 15) is 18.0 Å². The molecule has 3 aliphatic rings. The van der Waals surface area contributed by atoms with Gasteiger partial charge in [-0.25, -0.2) is 4.98 Å². The maximum atomic E-state index is 13.2. The number of aryl methyl sites for hydroxylation is 2. The Hall–Kier alpha value is -1.11. The van der Waals surface area contributed by atoms with Crippen LogP contribution in [0.2, 0.25) is 0 Å². The van der Waals surface area contributed by atoms with Crippen LogP contribution in [0.3, 0.4) is 0 Å². The molecule has 0 N–H and O–H groups in total. The van der Waals surface area contributed by atoms with Crippen molar-refractivity contribution in [1.29, 1.82) is 0 Å². The predicted octanol–water partition coefficient (Wildman–Crippen LogP) is 2.94. The molecular weight excluding hydrogens is 289 g/mol. The largest absolute Gasteiger partial charge is 0.411 e. The molecule has 0 atom stereocenters. The number of alkyl halides is 3. The lowest BCUT2D eigenvalue weighted by atomic mass is 9.72. The average molecular weight is 304 g/mol. The van der Waals surface area contributed by atoms with Crippen LogP contribution in [-0.4, -0.2) is 34.1 Å². The topological polar surface area (TPSA) is 33.2 Å². The average Bonchev–Trinajstić information content (AvgIpc) is 2.95. The number of thiazole rings is 1. The molecule has 3 nitrogen and oxygen atoms in total. The minimum absolute atomic E-state index is 0.0303. The van der Waals surface area contributed by atoms with Crippen LogP contribution < -0.4 is 0 Å². The van der Waals surface area contributed by atoms with E-state index in [2.05, 4.69) is 4.98 Å². The van der Waals surface area contributed by atoms with Gasteiger partial charge in [0.15, 0.2) is 0 Å². The predicted molar refractivity (Wildman–Crippen MR) is 68.4 cm³/mol. The van der Waals surface area contributed by atoms with Crippen molar-refractivity contribution in [2.45, 2.75) is 44.3 Å². The Kier molecular flexibility index (Phi) is 3.08. The maximum absolute atomic E-state index is 13.2. The van der Waals surface area contributed by atoms with E-state index >= 15 is 0 Å². The van der Waals surface area contributed by atoms with E-state index in [1.165, 1.54) is 11.3 Å². The number of nitrogens with zero attached hydrogens (tertiary/aromatic N) is 2. The van der Waals surface area contributed by atoms with Crippen LogP contribution in [0.15, 0.2) is 5.38 Å². The number of hydrogen-bond donors (Lipinski definition) is 0. The van der Waals surface area contributed by atoms with Gasteiger partial charge in [0.05, 0.1) is 5.01 Å². The minimum atomic E-state index is -4.31. The van der Waals surface area contributed by atoms with Crippen LogP contribution in [0, 0.1) is 12.8 Å². The highest BCUT2D eigenvalue weighted by Gasteiger charge is 2.70. The smallest absolute Gasteiger partial charge is 0.328 e. The summed E-state index contributed by atoms with van der Waals surface area (Å²) in [6, 6.07) is 0. The Labute approximate surface area is 118 Å². The van der Waals surface area contributed by atoms with Gasteiger partial charge < -0.3 is 4.90 Å². The van der Waals surface area contributed by atoms with Crippen molar-refractivity contribution in [2.75, 3.05) is 6.54 Å². The molecule has 1 aromatic heterocycles. The summed E-state index contributed by atoms with van der Waals surface area (Å²) in [4.78, 5) is 17.4. The zero-order chi connectivity index (χ0) is 14.5. The Morgan fingerprint density at radius 2 is 2.25 bits per heavy atom. The van der Waals surface area contributed by atoms with Crippen molar-refractivity contribution in [2.24, 2.45) is 5.92 Å². The highest BCUT2D eigenvalue weighted by atomic mass is 32.1. The molecule has 1 aromatic rings. The van der Waals surface area contributed by atoms with E-state index in [0.29, 0.717) is 6.42 Å². The standard InChI is InChI=1S/C13H15F3N2OS/c1-8-7-20-10(17-8)2-3-11(19)18-6-9-4-12(18,5-9)13(14,15)16/h7,9H,2-6H2,1H3. The molecule has 4 rings (SSSR count). The molecule has 2 bridgehead atoms. The van der Waals surface area contributed by atoms with Gasteiger partial charge in [0.1, 0.15) is 5.54 Å². The van der Waals surface area contributed by atoms with Gasteiger partial charge in [0, 0.05) is 30.5 Å². The van der Waals surface area contributed by atoms with Crippen molar-refractivity contribution >= 4 is 17.2 Å². The summed E-state index contributed by atoms with van der Waals surface area (Å²) >= 11 is 1.45. The van der Waals surface area contributed by atoms with E-state index in [1.807, 2.05) is 12.3 Å². The van der Waals surface area contributed by atoms with Crippen LogP contribution in [-0.2, 0) is 11.2 Å². The van der Waals surface area contributed by atoms with Gasteiger partial charge in [-0.3, -0.25) is 4.79 Å². The molecule has 1 saturated carbocycles. The number of carbonyl (C=O) groups excluding carboxylic acids is 1. The summed E-state index contributed by atoms with van der Waals surface area (Å²) in [5, 5.41) is 2.69. The Balaban J connectivity index is 1.66. The minimum Gasteiger partial charge on any atom is -0.328 e. The molecule has 0 radical (unpaired) electrons. The first kappa shape index (κ1) is 13.9. The molecular formula is C13H15F3N2OS. The first-order valence-electron chi connectivity index (χ1n) is 6.60. The Bertz CT molecular complexity index is 534. The number of amides is 1. The van der Waals surface area contributed by atoms with Crippen molar-refractivity contribution in [3.8, 4) is 0 Å². The summed E-state index contributed by atoms with van der Waals surface area (Å²) in [5.74, 6) is -0.363. The second kappa shape index (κ2) is 4.44. The number of rotatable bonds is 3. The van der Waals surface area contributed by atoms with Gasteiger partial charge in [-0.2, -0.15) is 13.2 Å². The van der Waals surface area contributed by atoms with E-state index in [1.54, 1.807) is 0 Å². The number of hydrogen-bond acceptors (Lipinski definition) is 3. The molecule has 3 heterocycles. The maximum Gasteiger partial charge on any atom is 0.411 e. The summed E-state index contributed by atoms with van der Waals surface area (Å²) in [6.45, 7) is 2.12. The SMILES string of the molecule is Cc1csc(CCC(=O)N2CC3CC2(C(F)(F)F)C3)n1. The number of carbonyl (C=O) groups is 1. The third kappa shape index (κ3) is 2.03. The van der Waals surface area contributed by atoms with Crippen molar-refractivity contribution in [1.82, 2.24) is 9.88 Å². The molecule has 0 spiro atoms. The van der Waals surface area contributed by atoms with Gasteiger partial charge in [-0.1, -0.05) is 0 Å². The van der Waals surface area contributed by atoms with Crippen LogP contribution in [0.25, 0.3) is 0 Å². The van der Waals surface area contributed by atoms with Gasteiger partial charge in [-0.05, 0) is 25.7 Å². The molecule has 110 valence electrons. The number of halogens is 3. The van der Waals surface area contributed by atoms with E-state index in [4.69, 9.17) is 0 Å². The quantitative estimate of drug-likeness (QED) is 0.860. The van der Waals surface area contributed by atoms with Gasteiger partial charge in [0.2, 0.25) is 5.91 Å². The first-order chi connectivity index (χ1) is 9.32. The zero-order valence-corrected chi connectivity index (χ0v) is 11.9. The lowest BCUT2D eigenvalue weighted by Gasteiger charge is -2.43. The summed E-state index contributed by atoms with van der Waals surface area (Å²) in [7, 11) is 0. The third-order valence-corrected chi connectivity index (χ3v) is 5.28. The molecule has 0 unspecified atom stereocenters. The van der Waals surface area contributed by atoms with Crippen LogP contribution in [0.4, 0.5) is 13.2 Å². The Morgan fingerprint density at radius 3 is 2.80 bits per heavy atom. The lowest BCUT2D eigenvalue weighted by Crippen LogP contribution is -2.58. The fourth-order valence-electron chi connectivity index (χ4n) is 3.27. The van der Waals surface area contributed by atoms with Gasteiger partial charge >= 0.3 is 6.18 Å². The van der Waals surface area contributed by atoms with E-state index < -0.39 is 17.6 Å². The highest BCUT2D eigenvalue weighted by Crippen LogP contribution is 2.58. The fraction of sp³-hybridized carbons (Fsp3) is 0.692. The molecule has 1 aliphatic carbocycles. The second-order valence-electron chi connectivity index (χ2n) is 5.69. The second-order valence-corrected chi connectivity index (χ2v) is 6.63. The van der Waals surface area contributed by atoms with Crippen LogP contribution >= 0.6 is 11.3 Å². The number of aromatic nitrogens is 1. The monoisotopic (exact) mass is 304 g/mol. The van der Waals surface area contributed by atoms with Crippen LogP contribution in [0.1, 0.15) is 30.0 Å². The molecule has 2 aliphatic heterocycles. The van der Waals surface area contributed by atoms with Gasteiger partial charge in [-0.15, -0.1) is 11.3 Å². The van der Waals surface area contributed by atoms with E-state index in [-0.39, 0.29) is 31.7 Å². The summed E-state index contributed by atoms with van der Waals surface area (Å²) in [5.41, 5.74) is -0.985. The molecule has 1 amide bonds. The summed E-state index contributed by atoms with van der Waals surface area (Å²) in [6.07, 6.45) is -3.62. The normalized spacial score (nSPS) is 28.6. The molecule has 2 saturated heterocycles. The van der Waals surface area contributed by atoms with Crippen molar-refractivity contribution in [3.05, 3.63) is 16.1 Å². The Morgan fingerprint density at radius 1 is 1.55 bits per heavy atom. The molecule has 20 heavy (non-hydrogen) atoms. The van der Waals surface area contributed by atoms with Crippen molar-refractivity contribution < 1.29 is 18.0 Å². The first-order valence-corrected chi connectivity index (χ1v) is 7.48. The van der Waals surface area contributed by atoms with Crippen LogP contribution in [0.5, 0.6) is 0 Å². The zero-order valence-electron chi connectivity index (χ0n) is 11.0. The molecule has 3 fully saturated rings. The van der Waals surface area contributed by atoms with E-state index in [0.717, 1.165) is 15.6 Å². The lowest BCUT2D eigenvalue weighted by molar-refractivity contribution is -0.236. The fourth-order valence-corrected chi connectivity index (χ4v) is 4.05.